The molecule has 1 aromatic heterocycles. The number of aliphatic hydroxyl groups is 1. The lowest BCUT2D eigenvalue weighted by molar-refractivity contribution is -0.242. The third-order valence-electron chi connectivity index (χ3n) is 7.50. The molecule has 0 bridgehead atoms. The molecule has 3 aliphatic heterocycles. The van der Waals surface area contributed by atoms with Crippen LogP contribution in [0.1, 0.15) is 40.1 Å². The average Bonchev–Trinajstić information content (AvgIpc) is 3.14. The number of fused-ring (bicyclic) bond motifs is 4. The van der Waals surface area contributed by atoms with Crippen molar-refractivity contribution in [3.63, 3.8) is 0 Å². The number of thioether (sulfide) groups is 1. The molecule has 0 spiro atoms. The lowest BCUT2D eigenvalue weighted by Crippen LogP contribution is -2.66. The van der Waals surface area contributed by atoms with Gasteiger partial charge in [0.05, 0.1) is 32.0 Å². The summed E-state index contributed by atoms with van der Waals surface area (Å²) in [6.07, 6.45) is 0.198. The molecule has 6 rings (SSSR count). The summed E-state index contributed by atoms with van der Waals surface area (Å²) in [5.74, 6) is -2.61. The van der Waals surface area contributed by atoms with Crippen LogP contribution in [-0.4, -0.2) is 72.8 Å². The Bertz CT molecular complexity index is 1570. The van der Waals surface area contributed by atoms with Crippen molar-refractivity contribution in [1.82, 2.24) is 9.58 Å². The Morgan fingerprint density at radius 3 is 2.76 bits per heavy atom. The number of ether oxygens (including phenoxy) is 4. The second-order valence-electron chi connectivity index (χ2n) is 10.1. The van der Waals surface area contributed by atoms with Crippen LogP contribution in [0.4, 0.5) is 8.78 Å². The van der Waals surface area contributed by atoms with Crippen LogP contribution in [0.15, 0.2) is 58.4 Å². The van der Waals surface area contributed by atoms with Crippen LogP contribution in [0, 0.1) is 11.6 Å². The molecule has 1 amide bonds. The summed E-state index contributed by atoms with van der Waals surface area (Å²) in [5, 5.41) is 12.3. The van der Waals surface area contributed by atoms with Gasteiger partial charge in [-0.15, -0.1) is 11.8 Å². The predicted molar refractivity (Wildman–Crippen MR) is 148 cm³/mol. The molecular weight excluding hydrogens is 572 g/mol. The van der Waals surface area contributed by atoms with Crippen LogP contribution in [0.5, 0.6) is 5.75 Å². The van der Waals surface area contributed by atoms with E-state index in [0.29, 0.717) is 5.56 Å². The second kappa shape index (κ2) is 11.7. The van der Waals surface area contributed by atoms with Crippen molar-refractivity contribution in [2.45, 2.75) is 42.4 Å². The highest BCUT2D eigenvalue weighted by molar-refractivity contribution is 7.98. The van der Waals surface area contributed by atoms with Crippen LogP contribution >= 0.6 is 11.8 Å². The van der Waals surface area contributed by atoms with Gasteiger partial charge in [0.1, 0.15) is 6.17 Å². The molecule has 13 heteroatoms. The maximum absolute atomic E-state index is 15.3. The minimum atomic E-state index is -1.87. The summed E-state index contributed by atoms with van der Waals surface area (Å²) in [5.41, 5.74) is 0.734. The van der Waals surface area contributed by atoms with E-state index in [-0.39, 0.29) is 43.4 Å². The molecule has 1 N–H and O–H groups in total. The van der Waals surface area contributed by atoms with E-state index in [1.807, 2.05) is 29.3 Å². The van der Waals surface area contributed by atoms with E-state index in [0.717, 1.165) is 16.5 Å². The number of hydrogen-bond donors (Lipinski definition) is 1. The number of amides is 1. The lowest BCUT2D eigenvalue weighted by Gasteiger charge is -2.51. The molecule has 1 saturated heterocycles. The number of aromatic nitrogens is 1. The van der Waals surface area contributed by atoms with Crippen LogP contribution in [0.25, 0.3) is 0 Å². The lowest BCUT2D eigenvalue weighted by atomic mass is 9.93. The Hall–Kier alpha value is -3.49. The number of aliphatic hydroxyl groups excluding tert-OH is 1. The quantitative estimate of drug-likeness (QED) is 0.410. The molecule has 2 aromatic carbocycles. The van der Waals surface area contributed by atoms with Crippen molar-refractivity contribution >= 4 is 17.7 Å². The SMILES string of the molecule is COC[C@@H](C)OC(O)Oc1c2n(ccc1=O)N([C@@H]1c3ccccc3SCc3c1ccc(F)c3F)[C@@H]1COCCN1C2=O. The zero-order valence-corrected chi connectivity index (χ0v) is 23.7. The molecule has 3 aliphatic rings. The molecule has 0 saturated carbocycles. The number of halogens is 2. The number of nitrogens with zero attached hydrogens (tertiary/aromatic N) is 3. The molecular formula is C29H29F2N3O7S. The Kier molecular flexibility index (Phi) is 7.94. The van der Waals surface area contributed by atoms with Gasteiger partial charge < -0.3 is 29.0 Å². The highest BCUT2D eigenvalue weighted by Gasteiger charge is 2.46. The molecule has 1 unspecified atom stereocenters. The molecule has 3 aromatic rings. The average molecular weight is 602 g/mol. The Morgan fingerprint density at radius 2 is 1.95 bits per heavy atom. The van der Waals surface area contributed by atoms with Crippen molar-refractivity contribution in [3.8, 4) is 5.75 Å². The van der Waals surface area contributed by atoms with E-state index in [1.165, 1.54) is 35.8 Å². The Labute approximate surface area is 244 Å². The van der Waals surface area contributed by atoms with Crippen molar-refractivity contribution < 1.29 is 37.6 Å². The highest BCUT2D eigenvalue weighted by atomic mass is 32.2. The maximum Gasteiger partial charge on any atom is 0.313 e. The second-order valence-corrected chi connectivity index (χ2v) is 11.1. The summed E-state index contributed by atoms with van der Waals surface area (Å²) < 4.78 is 53.1. The van der Waals surface area contributed by atoms with Gasteiger partial charge in [0, 0.05) is 42.1 Å². The summed E-state index contributed by atoms with van der Waals surface area (Å²) in [7, 11) is 1.47. The number of methoxy groups -OCH3 is 1. The fraction of sp³-hybridized carbons (Fsp3) is 0.379. The number of hydrogen-bond acceptors (Lipinski definition) is 9. The van der Waals surface area contributed by atoms with Crippen LogP contribution in [-0.2, 0) is 20.0 Å². The molecule has 222 valence electrons. The van der Waals surface area contributed by atoms with Gasteiger partial charge in [0.25, 0.3) is 5.91 Å². The first-order valence-electron chi connectivity index (χ1n) is 13.4. The van der Waals surface area contributed by atoms with Crippen LogP contribution in [0.3, 0.4) is 0 Å². The van der Waals surface area contributed by atoms with Gasteiger partial charge >= 0.3 is 6.48 Å². The van der Waals surface area contributed by atoms with Crippen molar-refractivity contribution in [3.05, 3.63) is 92.9 Å². The zero-order valence-electron chi connectivity index (χ0n) is 22.9. The summed E-state index contributed by atoms with van der Waals surface area (Å²) >= 11 is 1.39. The third kappa shape index (κ3) is 4.94. The molecule has 4 atom stereocenters. The maximum atomic E-state index is 15.3. The van der Waals surface area contributed by atoms with Gasteiger partial charge in [0.15, 0.2) is 17.3 Å². The van der Waals surface area contributed by atoms with Gasteiger partial charge in [-0.3, -0.25) is 19.3 Å². The minimum absolute atomic E-state index is 0.124. The van der Waals surface area contributed by atoms with E-state index < -0.39 is 53.5 Å². The number of pyridine rings is 1. The first kappa shape index (κ1) is 28.6. The number of carbonyl (C=O) groups excluding carboxylic acids is 1. The Morgan fingerprint density at radius 1 is 1.14 bits per heavy atom. The normalized spacial score (nSPS) is 21.0. The van der Waals surface area contributed by atoms with Crippen molar-refractivity contribution in [2.75, 3.05) is 38.5 Å². The fourth-order valence-corrected chi connectivity index (χ4v) is 6.80. The zero-order chi connectivity index (χ0) is 29.5. The molecule has 0 radical (unpaired) electrons. The summed E-state index contributed by atoms with van der Waals surface area (Å²) in [6, 6.07) is 10.7. The molecule has 1 fully saturated rings. The topological polar surface area (TPSA) is 103 Å². The molecule has 10 nitrogen and oxygen atoms in total. The van der Waals surface area contributed by atoms with E-state index >= 15 is 4.39 Å². The largest absolute Gasteiger partial charge is 0.435 e. The van der Waals surface area contributed by atoms with Gasteiger partial charge in [0.2, 0.25) is 11.2 Å². The van der Waals surface area contributed by atoms with Gasteiger partial charge in [-0.1, -0.05) is 24.3 Å². The van der Waals surface area contributed by atoms with E-state index in [1.54, 1.807) is 17.9 Å². The monoisotopic (exact) mass is 601 g/mol. The molecule has 42 heavy (non-hydrogen) atoms. The van der Waals surface area contributed by atoms with Crippen LogP contribution < -0.4 is 15.2 Å². The first-order chi connectivity index (χ1) is 20.3. The van der Waals surface area contributed by atoms with Gasteiger partial charge in [-0.2, -0.15) is 0 Å². The number of carbonyl (C=O) groups is 1. The molecule has 0 aliphatic carbocycles. The van der Waals surface area contributed by atoms with E-state index in [9.17, 15) is 19.1 Å². The van der Waals surface area contributed by atoms with Gasteiger partial charge in [-0.25, -0.2) is 8.78 Å². The summed E-state index contributed by atoms with van der Waals surface area (Å²) in [6.45, 7) is 0.529. The Balaban J connectivity index is 1.55. The van der Waals surface area contributed by atoms with E-state index in [4.69, 9.17) is 18.9 Å². The van der Waals surface area contributed by atoms with E-state index in [2.05, 4.69) is 0 Å². The standard InChI is InChI=1S/C29H29F2N3O7S/c1-16(13-38-2)40-29(37)41-27-21(35)9-10-33-26(27)28(36)32-11-12-39-14-23(32)34(33)25-17-7-8-20(30)24(31)19(17)15-42-22-6-4-3-5-18(22)25/h3-10,16,23,25,29,37H,11-15H2,1-2H3/t16-,23-,25+,29?/m1/s1. The van der Waals surface area contributed by atoms with Gasteiger partial charge in [-0.05, 0) is 30.2 Å². The van der Waals surface area contributed by atoms with Crippen molar-refractivity contribution in [1.29, 1.82) is 0 Å². The number of benzene rings is 2. The summed E-state index contributed by atoms with van der Waals surface area (Å²) in [4.78, 5) is 29.5. The minimum Gasteiger partial charge on any atom is -0.435 e. The fourth-order valence-electron chi connectivity index (χ4n) is 5.69. The predicted octanol–water partition coefficient (Wildman–Crippen LogP) is 2.98. The first-order valence-corrected chi connectivity index (χ1v) is 14.4. The molecule has 4 heterocycles. The number of morpholine rings is 1. The number of rotatable bonds is 7. The third-order valence-corrected chi connectivity index (χ3v) is 8.62. The smallest absolute Gasteiger partial charge is 0.313 e. The van der Waals surface area contributed by atoms with Crippen LogP contribution in [0.2, 0.25) is 0 Å². The highest BCUT2D eigenvalue weighted by Crippen LogP contribution is 2.45. The van der Waals surface area contributed by atoms with Crippen molar-refractivity contribution in [2.24, 2.45) is 0 Å².